The van der Waals surface area contributed by atoms with Crippen LogP contribution in [0.25, 0.3) is 0 Å². The Kier molecular flexibility index (Phi) is 3.91. The monoisotopic (exact) mass is 219 g/mol. The van der Waals surface area contributed by atoms with Gasteiger partial charge in [0.1, 0.15) is 0 Å². The van der Waals surface area contributed by atoms with Crippen LogP contribution in [0.2, 0.25) is 0 Å². The van der Waals surface area contributed by atoms with Crippen molar-refractivity contribution in [3.8, 4) is 0 Å². The summed E-state index contributed by atoms with van der Waals surface area (Å²) in [7, 11) is 0. The molecule has 0 spiro atoms. The molecular weight excluding hydrogens is 198 g/mol. The van der Waals surface area contributed by atoms with Crippen molar-refractivity contribution in [3.05, 3.63) is 30.1 Å². The molecule has 3 heteroatoms. The summed E-state index contributed by atoms with van der Waals surface area (Å²) >= 11 is 0. The molecular formula is C13H21N3. The molecule has 16 heavy (non-hydrogen) atoms. The van der Waals surface area contributed by atoms with E-state index in [1.54, 1.807) is 0 Å². The fourth-order valence-electron chi connectivity index (χ4n) is 2.27. The van der Waals surface area contributed by atoms with E-state index in [0.29, 0.717) is 12.0 Å². The number of piperidine rings is 1. The summed E-state index contributed by atoms with van der Waals surface area (Å²) in [5.74, 6) is 0.623. The van der Waals surface area contributed by atoms with Crippen LogP contribution in [0, 0.1) is 5.92 Å². The first-order valence-electron chi connectivity index (χ1n) is 6.13. The van der Waals surface area contributed by atoms with Gasteiger partial charge in [0, 0.05) is 37.4 Å². The van der Waals surface area contributed by atoms with Crippen molar-refractivity contribution in [1.29, 1.82) is 0 Å². The average molecular weight is 219 g/mol. The maximum Gasteiger partial charge on any atom is 0.0416 e. The van der Waals surface area contributed by atoms with Gasteiger partial charge in [-0.25, -0.2) is 0 Å². The average Bonchev–Trinajstić information content (AvgIpc) is 2.32. The second-order valence-electron chi connectivity index (χ2n) is 4.80. The molecule has 0 aromatic carbocycles. The molecule has 3 nitrogen and oxygen atoms in total. The van der Waals surface area contributed by atoms with Crippen LogP contribution in [-0.4, -0.2) is 35.6 Å². The number of hydrogen-bond acceptors (Lipinski definition) is 3. The lowest BCUT2D eigenvalue weighted by atomic mass is 9.95. The summed E-state index contributed by atoms with van der Waals surface area (Å²) in [6, 6.07) is 6.51. The number of rotatable bonds is 3. The van der Waals surface area contributed by atoms with E-state index < -0.39 is 0 Å². The van der Waals surface area contributed by atoms with E-state index in [0.717, 1.165) is 32.5 Å². The largest absolute Gasteiger partial charge is 0.327 e. The summed E-state index contributed by atoms with van der Waals surface area (Å²) in [6.07, 6.45) is 4.04. The number of hydrogen-bond donors (Lipinski definition) is 1. The minimum absolute atomic E-state index is 0.395. The highest BCUT2D eigenvalue weighted by Gasteiger charge is 2.22. The SMILES string of the molecule is CC1CN(CCc2ccccn2)CCC1N. The molecule has 0 bridgehead atoms. The van der Waals surface area contributed by atoms with Crippen LogP contribution in [-0.2, 0) is 6.42 Å². The van der Waals surface area contributed by atoms with Gasteiger partial charge in [0.2, 0.25) is 0 Å². The van der Waals surface area contributed by atoms with E-state index >= 15 is 0 Å². The number of likely N-dealkylation sites (tertiary alicyclic amines) is 1. The lowest BCUT2D eigenvalue weighted by Crippen LogP contribution is -2.46. The number of pyridine rings is 1. The zero-order chi connectivity index (χ0) is 11.4. The Labute approximate surface area is 97.7 Å². The third kappa shape index (κ3) is 3.03. The van der Waals surface area contributed by atoms with Crippen molar-refractivity contribution in [3.63, 3.8) is 0 Å². The Morgan fingerprint density at radius 1 is 1.50 bits per heavy atom. The van der Waals surface area contributed by atoms with Crippen LogP contribution in [0.3, 0.4) is 0 Å². The van der Waals surface area contributed by atoms with Crippen LogP contribution in [0.5, 0.6) is 0 Å². The maximum absolute atomic E-state index is 6.01. The lowest BCUT2D eigenvalue weighted by Gasteiger charge is -2.34. The molecule has 2 heterocycles. The Morgan fingerprint density at radius 2 is 2.38 bits per heavy atom. The lowest BCUT2D eigenvalue weighted by molar-refractivity contribution is 0.166. The van der Waals surface area contributed by atoms with Gasteiger partial charge in [-0.15, -0.1) is 0 Å². The van der Waals surface area contributed by atoms with E-state index in [2.05, 4.69) is 28.9 Å². The minimum Gasteiger partial charge on any atom is -0.327 e. The summed E-state index contributed by atoms with van der Waals surface area (Å²) < 4.78 is 0. The molecule has 1 aromatic heterocycles. The van der Waals surface area contributed by atoms with Crippen molar-refractivity contribution < 1.29 is 0 Å². The van der Waals surface area contributed by atoms with E-state index in [1.165, 1.54) is 5.69 Å². The van der Waals surface area contributed by atoms with Crippen molar-refractivity contribution in [2.24, 2.45) is 11.7 Å². The molecule has 1 aliphatic rings. The topological polar surface area (TPSA) is 42.2 Å². The molecule has 1 aliphatic heterocycles. The standard InChI is InChI=1S/C13H21N3/c1-11-10-16(9-6-13(11)14)8-5-12-4-2-3-7-15-12/h2-4,7,11,13H,5-6,8-10,14H2,1H3. The van der Waals surface area contributed by atoms with Crippen molar-refractivity contribution in [1.82, 2.24) is 9.88 Å². The molecule has 2 atom stereocenters. The van der Waals surface area contributed by atoms with E-state index in [9.17, 15) is 0 Å². The van der Waals surface area contributed by atoms with Gasteiger partial charge in [-0.2, -0.15) is 0 Å². The van der Waals surface area contributed by atoms with Crippen molar-refractivity contribution >= 4 is 0 Å². The van der Waals surface area contributed by atoms with Crippen LogP contribution in [0.4, 0.5) is 0 Å². The van der Waals surface area contributed by atoms with Gasteiger partial charge in [0.15, 0.2) is 0 Å². The minimum atomic E-state index is 0.395. The van der Waals surface area contributed by atoms with Gasteiger partial charge in [-0.05, 0) is 31.0 Å². The zero-order valence-corrected chi connectivity index (χ0v) is 9.97. The van der Waals surface area contributed by atoms with Crippen LogP contribution >= 0.6 is 0 Å². The zero-order valence-electron chi connectivity index (χ0n) is 9.97. The number of aromatic nitrogens is 1. The number of nitrogens with two attached hydrogens (primary N) is 1. The fraction of sp³-hybridized carbons (Fsp3) is 0.615. The molecule has 1 aromatic rings. The van der Waals surface area contributed by atoms with Gasteiger partial charge in [0.05, 0.1) is 0 Å². The molecule has 0 radical (unpaired) electrons. The normalized spacial score (nSPS) is 26.9. The third-order valence-corrected chi connectivity index (χ3v) is 3.47. The Morgan fingerprint density at radius 3 is 3.06 bits per heavy atom. The predicted molar refractivity (Wildman–Crippen MR) is 66.1 cm³/mol. The maximum atomic E-state index is 6.01. The molecule has 2 unspecified atom stereocenters. The molecule has 0 aliphatic carbocycles. The molecule has 2 N–H and O–H groups in total. The van der Waals surface area contributed by atoms with Crippen LogP contribution in [0.15, 0.2) is 24.4 Å². The first kappa shape index (κ1) is 11.6. The highest BCUT2D eigenvalue weighted by atomic mass is 15.1. The van der Waals surface area contributed by atoms with E-state index in [-0.39, 0.29) is 0 Å². The molecule has 88 valence electrons. The summed E-state index contributed by atoms with van der Waals surface area (Å²) in [5.41, 5.74) is 7.19. The van der Waals surface area contributed by atoms with Gasteiger partial charge in [0.25, 0.3) is 0 Å². The highest BCUT2D eigenvalue weighted by molar-refractivity contribution is 5.03. The third-order valence-electron chi connectivity index (χ3n) is 3.47. The van der Waals surface area contributed by atoms with Crippen molar-refractivity contribution in [2.75, 3.05) is 19.6 Å². The first-order chi connectivity index (χ1) is 7.75. The molecule has 1 saturated heterocycles. The smallest absolute Gasteiger partial charge is 0.0416 e. The second kappa shape index (κ2) is 5.41. The summed E-state index contributed by atoms with van der Waals surface area (Å²) in [5, 5.41) is 0. The summed E-state index contributed by atoms with van der Waals surface area (Å²) in [4.78, 5) is 6.85. The molecule has 0 saturated carbocycles. The highest BCUT2D eigenvalue weighted by Crippen LogP contribution is 2.14. The van der Waals surface area contributed by atoms with E-state index in [4.69, 9.17) is 5.73 Å². The van der Waals surface area contributed by atoms with E-state index in [1.807, 2.05) is 12.3 Å². The fourth-order valence-corrected chi connectivity index (χ4v) is 2.27. The molecule has 1 fully saturated rings. The van der Waals surface area contributed by atoms with Crippen LogP contribution < -0.4 is 5.73 Å². The quantitative estimate of drug-likeness (QED) is 0.833. The van der Waals surface area contributed by atoms with Gasteiger partial charge >= 0.3 is 0 Å². The summed E-state index contributed by atoms with van der Waals surface area (Å²) in [6.45, 7) is 5.62. The predicted octanol–water partition coefficient (Wildman–Crippen LogP) is 1.29. The molecule has 2 rings (SSSR count). The second-order valence-corrected chi connectivity index (χ2v) is 4.80. The van der Waals surface area contributed by atoms with Crippen molar-refractivity contribution in [2.45, 2.75) is 25.8 Å². The van der Waals surface area contributed by atoms with Crippen LogP contribution in [0.1, 0.15) is 19.0 Å². The number of nitrogens with zero attached hydrogens (tertiary/aromatic N) is 2. The first-order valence-corrected chi connectivity index (χ1v) is 6.13. The van der Waals surface area contributed by atoms with Gasteiger partial charge < -0.3 is 10.6 Å². The molecule has 0 amide bonds. The van der Waals surface area contributed by atoms with Gasteiger partial charge in [-0.1, -0.05) is 13.0 Å². The van der Waals surface area contributed by atoms with Gasteiger partial charge in [-0.3, -0.25) is 4.98 Å². The Hall–Kier alpha value is -0.930. The Balaban J connectivity index is 1.79. The Bertz CT molecular complexity index is 312.